The molecule has 1 saturated heterocycles. The van der Waals surface area contributed by atoms with Gasteiger partial charge in [0.2, 0.25) is 5.91 Å². The third-order valence-electron chi connectivity index (χ3n) is 4.18. The second-order valence-corrected chi connectivity index (χ2v) is 5.59. The van der Waals surface area contributed by atoms with Gasteiger partial charge in [-0.2, -0.15) is 0 Å². The smallest absolute Gasteiger partial charge is 0.227 e. The molecule has 96 valence electrons. The number of hydrogen-bond acceptors (Lipinski definition) is 2. The van der Waals surface area contributed by atoms with Crippen LogP contribution in [0.1, 0.15) is 38.4 Å². The van der Waals surface area contributed by atoms with Gasteiger partial charge in [0.1, 0.15) is 5.76 Å². The Morgan fingerprint density at radius 3 is 3.17 bits per heavy atom. The van der Waals surface area contributed by atoms with Crippen LogP contribution in [0.15, 0.2) is 34.6 Å². The van der Waals surface area contributed by atoms with E-state index in [2.05, 4.69) is 13.0 Å². The highest BCUT2D eigenvalue weighted by molar-refractivity contribution is 5.83. The van der Waals surface area contributed by atoms with Crippen LogP contribution in [0.2, 0.25) is 0 Å². The molecule has 3 rings (SSSR count). The van der Waals surface area contributed by atoms with Crippen molar-refractivity contribution in [2.75, 3.05) is 6.54 Å². The number of nitrogens with zero attached hydrogens (tertiary/aromatic N) is 1. The summed E-state index contributed by atoms with van der Waals surface area (Å²) in [5.41, 5.74) is 1.35. The van der Waals surface area contributed by atoms with Crippen molar-refractivity contribution in [1.29, 1.82) is 0 Å². The number of allylic oxidation sites excluding steroid dienone is 2. The molecule has 1 aliphatic carbocycles. The van der Waals surface area contributed by atoms with E-state index in [0.29, 0.717) is 6.42 Å². The Morgan fingerprint density at radius 1 is 1.50 bits per heavy atom. The minimum atomic E-state index is 0.0957. The first-order valence-electron chi connectivity index (χ1n) is 6.72. The highest BCUT2D eigenvalue weighted by Crippen LogP contribution is 2.47. The average molecular weight is 245 g/mol. The first kappa shape index (κ1) is 11.6. The van der Waals surface area contributed by atoms with E-state index in [1.807, 2.05) is 17.0 Å². The van der Waals surface area contributed by atoms with Gasteiger partial charge in [0.05, 0.1) is 6.26 Å². The van der Waals surface area contributed by atoms with Gasteiger partial charge in [0, 0.05) is 30.5 Å². The zero-order valence-electron chi connectivity index (χ0n) is 10.8. The van der Waals surface area contributed by atoms with Gasteiger partial charge >= 0.3 is 0 Å². The molecule has 0 N–H and O–H groups in total. The Balaban J connectivity index is 1.75. The summed E-state index contributed by atoms with van der Waals surface area (Å²) in [5, 5.41) is 0. The number of fused-ring (bicyclic) bond motifs is 1. The van der Waals surface area contributed by atoms with Gasteiger partial charge in [0.25, 0.3) is 0 Å². The zero-order chi connectivity index (χ0) is 12.6. The minimum Gasteiger partial charge on any atom is -0.469 e. The molecule has 3 nitrogen and oxygen atoms in total. The molecule has 1 fully saturated rings. The number of rotatable bonds is 3. The van der Waals surface area contributed by atoms with Crippen molar-refractivity contribution in [3.8, 4) is 0 Å². The lowest BCUT2D eigenvalue weighted by Gasteiger charge is -2.31. The van der Waals surface area contributed by atoms with Crippen molar-refractivity contribution >= 4 is 5.91 Å². The van der Waals surface area contributed by atoms with E-state index in [1.54, 1.807) is 6.26 Å². The summed E-state index contributed by atoms with van der Waals surface area (Å²) in [5.74, 6) is 1.23. The van der Waals surface area contributed by atoms with Crippen LogP contribution in [0.3, 0.4) is 0 Å². The molecule has 1 unspecified atom stereocenters. The van der Waals surface area contributed by atoms with Gasteiger partial charge in [-0.25, -0.2) is 0 Å². The Morgan fingerprint density at radius 2 is 2.39 bits per heavy atom. The molecule has 2 heterocycles. The first-order chi connectivity index (χ1) is 8.69. The molecule has 0 spiro atoms. The largest absolute Gasteiger partial charge is 0.469 e. The Labute approximate surface area is 107 Å². The van der Waals surface area contributed by atoms with Crippen LogP contribution in [-0.4, -0.2) is 17.4 Å². The summed E-state index contributed by atoms with van der Waals surface area (Å²) in [6.07, 6.45) is 8.88. The van der Waals surface area contributed by atoms with Gasteiger partial charge in [-0.1, -0.05) is 13.0 Å². The van der Waals surface area contributed by atoms with E-state index in [4.69, 9.17) is 4.42 Å². The predicted octanol–water partition coefficient (Wildman–Crippen LogP) is 3.13. The van der Waals surface area contributed by atoms with Gasteiger partial charge in [-0.3, -0.25) is 4.79 Å². The molecule has 1 amide bonds. The van der Waals surface area contributed by atoms with Crippen LogP contribution in [0.25, 0.3) is 0 Å². The Hall–Kier alpha value is -1.51. The van der Waals surface area contributed by atoms with E-state index in [1.165, 1.54) is 12.1 Å². The highest BCUT2D eigenvalue weighted by atomic mass is 16.3. The Bertz CT molecular complexity index is 475. The normalized spacial score (nSPS) is 27.3. The maximum absolute atomic E-state index is 12.2. The molecule has 1 atom stereocenters. The second-order valence-electron chi connectivity index (χ2n) is 5.59. The van der Waals surface area contributed by atoms with Crippen molar-refractivity contribution in [3.63, 3.8) is 0 Å². The van der Waals surface area contributed by atoms with Crippen molar-refractivity contribution in [2.45, 2.75) is 39.0 Å². The van der Waals surface area contributed by atoms with Gasteiger partial charge in [-0.15, -0.1) is 0 Å². The van der Waals surface area contributed by atoms with Crippen LogP contribution in [-0.2, 0) is 11.2 Å². The maximum atomic E-state index is 12.2. The molecule has 0 aromatic carbocycles. The summed E-state index contributed by atoms with van der Waals surface area (Å²) >= 11 is 0. The summed E-state index contributed by atoms with van der Waals surface area (Å²) < 4.78 is 5.33. The summed E-state index contributed by atoms with van der Waals surface area (Å²) in [7, 11) is 0. The fourth-order valence-electron chi connectivity index (χ4n) is 3.21. The van der Waals surface area contributed by atoms with Crippen molar-refractivity contribution < 1.29 is 9.21 Å². The predicted molar refractivity (Wildman–Crippen MR) is 68.8 cm³/mol. The molecule has 0 radical (unpaired) electrons. The molecule has 2 aliphatic rings. The quantitative estimate of drug-likeness (QED) is 0.819. The van der Waals surface area contributed by atoms with Gasteiger partial charge < -0.3 is 9.32 Å². The fraction of sp³-hybridized carbons (Fsp3) is 0.533. The topological polar surface area (TPSA) is 33.5 Å². The summed E-state index contributed by atoms with van der Waals surface area (Å²) in [6.45, 7) is 2.97. The third-order valence-corrected chi connectivity index (χ3v) is 4.18. The fourth-order valence-corrected chi connectivity index (χ4v) is 3.21. The lowest BCUT2D eigenvalue weighted by molar-refractivity contribution is -0.127. The van der Waals surface area contributed by atoms with Gasteiger partial charge in [0.15, 0.2) is 0 Å². The van der Waals surface area contributed by atoms with Crippen LogP contribution >= 0.6 is 0 Å². The molecule has 1 aromatic heterocycles. The van der Waals surface area contributed by atoms with Crippen LogP contribution in [0, 0.1) is 5.41 Å². The molecule has 3 heteroatoms. The number of carbonyl (C=O) groups is 1. The van der Waals surface area contributed by atoms with E-state index in [-0.39, 0.29) is 11.3 Å². The van der Waals surface area contributed by atoms with Crippen LogP contribution < -0.4 is 0 Å². The molecule has 0 saturated carbocycles. The van der Waals surface area contributed by atoms with Crippen molar-refractivity contribution in [3.05, 3.63) is 35.9 Å². The summed E-state index contributed by atoms with van der Waals surface area (Å²) in [4.78, 5) is 14.1. The van der Waals surface area contributed by atoms with E-state index >= 15 is 0 Å². The number of amides is 1. The lowest BCUT2D eigenvalue weighted by atomic mass is 9.77. The van der Waals surface area contributed by atoms with E-state index in [9.17, 15) is 4.79 Å². The molecule has 18 heavy (non-hydrogen) atoms. The zero-order valence-corrected chi connectivity index (χ0v) is 10.8. The van der Waals surface area contributed by atoms with E-state index in [0.717, 1.165) is 31.6 Å². The number of likely N-dealkylation sites (tertiary alicyclic amines) is 1. The average Bonchev–Trinajstić information content (AvgIpc) is 2.91. The molecular weight excluding hydrogens is 226 g/mol. The van der Waals surface area contributed by atoms with Crippen LogP contribution in [0.5, 0.6) is 0 Å². The second kappa shape index (κ2) is 4.30. The van der Waals surface area contributed by atoms with Gasteiger partial charge in [-0.05, 0) is 31.4 Å². The molecule has 1 aromatic rings. The van der Waals surface area contributed by atoms with E-state index < -0.39 is 0 Å². The Kier molecular flexibility index (Phi) is 2.77. The molecule has 1 aliphatic heterocycles. The minimum absolute atomic E-state index is 0.0957. The van der Waals surface area contributed by atoms with Crippen molar-refractivity contribution in [1.82, 2.24) is 4.90 Å². The lowest BCUT2D eigenvalue weighted by Crippen LogP contribution is -2.28. The summed E-state index contributed by atoms with van der Waals surface area (Å²) in [6, 6.07) is 3.86. The molecular formula is C15H19NO2. The SMILES string of the molecule is CC12CCCC=C1N(CCc1ccco1)C(=O)C2. The van der Waals surface area contributed by atoms with Crippen LogP contribution in [0.4, 0.5) is 0 Å². The monoisotopic (exact) mass is 245 g/mol. The standard InChI is InChI=1S/C15H19NO2/c1-15-8-3-2-6-13(15)16(14(17)11-15)9-7-12-5-4-10-18-12/h4-6,10H,2-3,7-9,11H2,1H3. The highest BCUT2D eigenvalue weighted by Gasteiger charge is 2.44. The van der Waals surface area contributed by atoms with Crippen molar-refractivity contribution in [2.24, 2.45) is 5.41 Å². The molecule has 0 bridgehead atoms. The number of furan rings is 1. The third kappa shape index (κ3) is 1.88. The maximum Gasteiger partial charge on any atom is 0.227 e. The number of carbonyl (C=O) groups excluding carboxylic acids is 1. The number of hydrogen-bond donors (Lipinski definition) is 0. The first-order valence-corrected chi connectivity index (χ1v) is 6.72.